The highest BCUT2D eigenvalue weighted by Gasteiger charge is 2.32. The van der Waals surface area contributed by atoms with Crippen LogP contribution in [0, 0.1) is 13.8 Å². The number of esters is 1. The van der Waals surface area contributed by atoms with Crippen molar-refractivity contribution in [1.82, 2.24) is 0 Å². The first-order valence-electron chi connectivity index (χ1n) is 6.06. The van der Waals surface area contributed by atoms with Gasteiger partial charge in [0.05, 0.1) is 7.11 Å². The second kappa shape index (κ2) is 6.95. The lowest BCUT2D eigenvalue weighted by Crippen LogP contribution is -2.46. The van der Waals surface area contributed by atoms with Crippen molar-refractivity contribution >= 4 is 40.8 Å². The molecule has 6 heteroatoms. The molecule has 0 aromatic heterocycles. The van der Waals surface area contributed by atoms with Gasteiger partial charge in [-0.2, -0.15) is 0 Å². The average Bonchev–Trinajstić information content (AvgIpc) is 2.39. The van der Waals surface area contributed by atoms with Gasteiger partial charge >= 0.3 is 5.97 Å². The number of ether oxygens (including phenoxy) is 1. The fourth-order valence-electron chi connectivity index (χ4n) is 1.97. The highest BCUT2D eigenvalue weighted by molar-refractivity contribution is 6.54. The Morgan fingerprint density at radius 2 is 1.85 bits per heavy atom. The molecule has 4 nitrogen and oxygen atoms in total. The second-order valence-corrected chi connectivity index (χ2v) is 5.59. The molecule has 20 heavy (non-hydrogen) atoms. The van der Waals surface area contributed by atoms with Crippen LogP contribution in [-0.4, -0.2) is 29.9 Å². The lowest BCUT2D eigenvalue weighted by molar-refractivity contribution is -0.142. The lowest BCUT2D eigenvalue weighted by Gasteiger charge is -2.29. The Morgan fingerprint density at radius 1 is 1.25 bits per heavy atom. The normalized spacial score (nSPS) is 12.2. The maximum absolute atomic E-state index is 12.2. The van der Waals surface area contributed by atoms with Gasteiger partial charge in [-0.3, -0.25) is 9.69 Å². The van der Waals surface area contributed by atoms with Crippen LogP contribution < -0.4 is 4.90 Å². The topological polar surface area (TPSA) is 46.6 Å². The third-order valence-electron chi connectivity index (χ3n) is 2.97. The van der Waals surface area contributed by atoms with Gasteiger partial charge in [-0.1, -0.05) is 40.9 Å². The molecule has 1 rings (SSSR count). The fourth-order valence-corrected chi connectivity index (χ4v) is 2.19. The third kappa shape index (κ3) is 3.64. The number of amides is 1. The number of anilines is 1. The number of carbonyl (C=O) groups excluding carboxylic acids is 2. The Morgan fingerprint density at radius 3 is 2.30 bits per heavy atom. The maximum Gasteiger partial charge on any atom is 0.328 e. The van der Waals surface area contributed by atoms with Crippen molar-refractivity contribution in [2.75, 3.05) is 12.0 Å². The molecular formula is C14H17Cl2NO3. The molecular weight excluding hydrogens is 301 g/mol. The number of hydrogen-bond donors (Lipinski definition) is 0. The molecule has 0 bridgehead atoms. The van der Waals surface area contributed by atoms with Crippen LogP contribution in [-0.2, 0) is 14.3 Å². The van der Waals surface area contributed by atoms with Gasteiger partial charge in [-0.25, -0.2) is 4.79 Å². The molecule has 1 atom stereocenters. The number of rotatable bonds is 4. The number of halogens is 2. The van der Waals surface area contributed by atoms with E-state index in [1.165, 1.54) is 12.0 Å². The quantitative estimate of drug-likeness (QED) is 0.633. The predicted octanol–water partition coefficient (Wildman–Crippen LogP) is 3.00. The molecule has 0 aliphatic rings. The van der Waals surface area contributed by atoms with E-state index >= 15 is 0 Å². The van der Waals surface area contributed by atoms with E-state index < -0.39 is 22.8 Å². The predicted molar refractivity (Wildman–Crippen MR) is 80.4 cm³/mol. The van der Waals surface area contributed by atoms with Crippen molar-refractivity contribution in [3.63, 3.8) is 0 Å². The summed E-state index contributed by atoms with van der Waals surface area (Å²) in [5.41, 5.74) is 2.49. The van der Waals surface area contributed by atoms with E-state index in [0.29, 0.717) is 5.69 Å². The molecule has 0 aliphatic heterocycles. The van der Waals surface area contributed by atoms with Crippen LogP contribution in [0.2, 0.25) is 0 Å². The molecule has 0 spiro atoms. The van der Waals surface area contributed by atoms with Crippen molar-refractivity contribution in [3.8, 4) is 0 Å². The fraction of sp³-hybridized carbons (Fsp3) is 0.429. The van der Waals surface area contributed by atoms with Crippen LogP contribution in [0.15, 0.2) is 18.2 Å². The van der Waals surface area contributed by atoms with Gasteiger partial charge in [0.2, 0.25) is 0 Å². The van der Waals surface area contributed by atoms with E-state index in [9.17, 15) is 9.59 Å². The van der Waals surface area contributed by atoms with Crippen LogP contribution >= 0.6 is 23.2 Å². The number of benzene rings is 1. The first-order chi connectivity index (χ1) is 9.29. The van der Waals surface area contributed by atoms with Crippen molar-refractivity contribution in [2.24, 2.45) is 0 Å². The minimum absolute atomic E-state index is 0.535. The molecule has 1 amide bonds. The molecule has 0 N–H and O–H groups in total. The largest absolute Gasteiger partial charge is 0.467 e. The van der Waals surface area contributed by atoms with Gasteiger partial charge in [-0.15, -0.1) is 0 Å². The SMILES string of the molecule is COC(=O)C(C)N(C(=O)C(Cl)Cl)c1ccc(C)cc1C. The van der Waals surface area contributed by atoms with Crippen molar-refractivity contribution in [1.29, 1.82) is 0 Å². The summed E-state index contributed by atoms with van der Waals surface area (Å²) in [7, 11) is 1.27. The second-order valence-electron chi connectivity index (χ2n) is 4.50. The highest BCUT2D eigenvalue weighted by atomic mass is 35.5. The van der Waals surface area contributed by atoms with Crippen LogP contribution in [0.1, 0.15) is 18.1 Å². The third-order valence-corrected chi connectivity index (χ3v) is 3.34. The van der Waals surface area contributed by atoms with Gasteiger partial charge in [0, 0.05) is 5.69 Å². The van der Waals surface area contributed by atoms with Crippen LogP contribution in [0.5, 0.6) is 0 Å². The maximum atomic E-state index is 12.2. The zero-order chi connectivity index (χ0) is 15.4. The molecule has 0 heterocycles. The molecule has 0 radical (unpaired) electrons. The Bertz CT molecular complexity index is 517. The summed E-state index contributed by atoms with van der Waals surface area (Å²) in [6.45, 7) is 5.36. The van der Waals surface area contributed by atoms with E-state index in [2.05, 4.69) is 4.74 Å². The number of nitrogens with zero attached hydrogens (tertiary/aromatic N) is 1. The number of carbonyl (C=O) groups is 2. The van der Waals surface area contributed by atoms with Crippen molar-refractivity contribution < 1.29 is 14.3 Å². The number of hydrogen-bond acceptors (Lipinski definition) is 3. The van der Waals surface area contributed by atoms with Gasteiger partial charge in [-0.05, 0) is 32.4 Å². The van der Waals surface area contributed by atoms with E-state index in [1.807, 2.05) is 26.0 Å². The summed E-state index contributed by atoms with van der Waals surface area (Å²) in [4.78, 5) is 23.9. The van der Waals surface area contributed by atoms with E-state index in [0.717, 1.165) is 11.1 Å². The molecule has 1 aromatic carbocycles. The number of methoxy groups -OCH3 is 1. The molecule has 0 saturated carbocycles. The Balaban J connectivity index is 3.30. The minimum Gasteiger partial charge on any atom is -0.467 e. The smallest absolute Gasteiger partial charge is 0.328 e. The average molecular weight is 318 g/mol. The van der Waals surface area contributed by atoms with E-state index in [4.69, 9.17) is 23.2 Å². The number of alkyl halides is 2. The summed E-state index contributed by atoms with van der Waals surface area (Å²) in [5.74, 6) is -1.09. The monoisotopic (exact) mass is 317 g/mol. The zero-order valence-electron chi connectivity index (χ0n) is 11.8. The summed E-state index contributed by atoms with van der Waals surface area (Å²) in [6, 6.07) is 4.72. The van der Waals surface area contributed by atoms with E-state index in [1.54, 1.807) is 13.0 Å². The van der Waals surface area contributed by atoms with Crippen molar-refractivity contribution in [3.05, 3.63) is 29.3 Å². The lowest BCUT2D eigenvalue weighted by atomic mass is 10.1. The Kier molecular flexibility index (Phi) is 5.84. The van der Waals surface area contributed by atoms with Crippen LogP contribution in [0.25, 0.3) is 0 Å². The molecule has 0 fully saturated rings. The molecule has 110 valence electrons. The summed E-state index contributed by atoms with van der Waals surface area (Å²) >= 11 is 11.3. The zero-order valence-corrected chi connectivity index (χ0v) is 13.3. The first kappa shape index (κ1) is 16.8. The summed E-state index contributed by atoms with van der Waals surface area (Å²) < 4.78 is 4.69. The molecule has 1 aromatic rings. The van der Waals surface area contributed by atoms with Gasteiger partial charge in [0.1, 0.15) is 6.04 Å². The Hall–Kier alpha value is -1.26. The van der Waals surface area contributed by atoms with Crippen LogP contribution in [0.4, 0.5) is 5.69 Å². The van der Waals surface area contributed by atoms with Gasteiger partial charge in [0.15, 0.2) is 4.84 Å². The summed E-state index contributed by atoms with van der Waals surface area (Å²) in [5, 5.41) is 0. The highest BCUT2D eigenvalue weighted by Crippen LogP contribution is 2.26. The minimum atomic E-state index is -1.25. The molecule has 1 unspecified atom stereocenters. The van der Waals surface area contributed by atoms with Crippen LogP contribution in [0.3, 0.4) is 0 Å². The van der Waals surface area contributed by atoms with Gasteiger partial charge in [0.25, 0.3) is 5.91 Å². The van der Waals surface area contributed by atoms with E-state index in [-0.39, 0.29) is 0 Å². The van der Waals surface area contributed by atoms with Crippen molar-refractivity contribution in [2.45, 2.75) is 31.6 Å². The first-order valence-corrected chi connectivity index (χ1v) is 6.93. The summed E-state index contributed by atoms with van der Waals surface area (Å²) in [6.07, 6.45) is 0. The molecule has 0 saturated heterocycles. The number of aryl methyl sites for hydroxylation is 2. The van der Waals surface area contributed by atoms with Gasteiger partial charge < -0.3 is 4.74 Å². The molecule has 0 aliphatic carbocycles. The standard InChI is InChI=1S/C14H17Cl2NO3/c1-8-5-6-11(9(2)7-8)17(13(18)12(15)16)10(3)14(19)20-4/h5-7,10,12H,1-4H3. The Labute approximate surface area is 128 Å².